The summed E-state index contributed by atoms with van der Waals surface area (Å²) >= 11 is 0. The van der Waals surface area contributed by atoms with Crippen molar-refractivity contribution in [3.8, 4) is 0 Å². The Hall–Kier alpha value is -0.970. The molecule has 0 aromatic carbocycles. The number of rotatable bonds is 5. The molecule has 1 aromatic heterocycles. The van der Waals surface area contributed by atoms with Gasteiger partial charge in [-0.25, -0.2) is 0 Å². The molecule has 0 fully saturated rings. The summed E-state index contributed by atoms with van der Waals surface area (Å²) in [5.74, 6) is 1.07. The molecule has 0 amide bonds. The van der Waals surface area contributed by atoms with Crippen molar-refractivity contribution in [2.45, 2.75) is 38.9 Å². The van der Waals surface area contributed by atoms with Gasteiger partial charge < -0.3 is 9.73 Å². The quantitative estimate of drug-likeness (QED) is 0.845. The van der Waals surface area contributed by atoms with Gasteiger partial charge in [-0.2, -0.15) is 13.2 Å². The molecule has 92 valence electrons. The molecule has 1 aromatic rings. The van der Waals surface area contributed by atoms with Crippen molar-refractivity contribution in [2.24, 2.45) is 0 Å². The van der Waals surface area contributed by atoms with E-state index in [4.69, 9.17) is 4.42 Å². The third-order valence-electron chi connectivity index (χ3n) is 2.26. The smallest absolute Gasteiger partial charge is 0.391 e. The third kappa shape index (κ3) is 3.89. The minimum absolute atomic E-state index is 0.357. The van der Waals surface area contributed by atoms with Gasteiger partial charge in [-0.3, -0.25) is 0 Å². The van der Waals surface area contributed by atoms with E-state index in [9.17, 15) is 13.2 Å². The fourth-order valence-corrected chi connectivity index (χ4v) is 1.52. The first kappa shape index (κ1) is 13.1. The zero-order chi connectivity index (χ0) is 12.2. The van der Waals surface area contributed by atoms with Gasteiger partial charge in [0.15, 0.2) is 0 Å². The zero-order valence-electron chi connectivity index (χ0n) is 9.40. The average Bonchev–Trinajstić information content (AvgIpc) is 2.63. The number of furan rings is 1. The lowest BCUT2D eigenvalue weighted by atomic mass is 10.1. The summed E-state index contributed by atoms with van der Waals surface area (Å²) in [6, 6.07) is 2.54. The van der Waals surface area contributed by atoms with Gasteiger partial charge in [-0.1, -0.05) is 13.8 Å². The summed E-state index contributed by atoms with van der Waals surface area (Å²) < 4.78 is 42.3. The third-order valence-corrected chi connectivity index (χ3v) is 2.26. The Morgan fingerprint density at radius 2 is 2.00 bits per heavy atom. The number of aryl methyl sites for hydroxylation is 1. The standard InChI is InChI=1S/C11H16F3NO/c1-3-8-5-6-10(16-8)9(15-4-2)7-11(12,13)14/h5-6,9,15H,3-4,7H2,1-2H3. The molecule has 0 saturated heterocycles. The molecule has 0 spiro atoms. The highest BCUT2D eigenvalue weighted by molar-refractivity contribution is 5.11. The fraction of sp³-hybridized carbons (Fsp3) is 0.636. The molecule has 1 heterocycles. The van der Waals surface area contributed by atoms with Crippen molar-refractivity contribution in [3.63, 3.8) is 0 Å². The van der Waals surface area contributed by atoms with Gasteiger partial charge in [0.25, 0.3) is 0 Å². The summed E-state index contributed by atoms with van der Waals surface area (Å²) in [5, 5.41) is 2.78. The van der Waals surface area contributed by atoms with E-state index >= 15 is 0 Å². The van der Waals surface area contributed by atoms with Gasteiger partial charge in [0.05, 0.1) is 12.5 Å². The maximum absolute atomic E-state index is 12.3. The average molecular weight is 235 g/mol. The molecular formula is C11H16F3NO. The Balaban J connectivity index is 2.76. The van der Waals surface area contributed by atoms with E-state index in [1.54, 1.807) is 19.1 Å². The molecule has 2 nitrogen and oxygen atoms in total. The van der Waals surface area contributed by atoms with Crippen LogP contribution in [0, 0.1) is 0 Å². The Morgan fingerprint density at radius 3 is 2.44 bits per heavy atom. The highest BCUT2D eigenvalue weighted by Crippen LogP contribution is 2.30. The minimum atomic E-state index is -4.19. The van der Waals surface area contributed by atoms with Gasteiger partial charge in [0.1, 0.15) is 11.5 Å². The van der Waals surface area contributed by atoms with Crippen molar-refractivity contribution in [1.82, 2.24) is 5.32 Å². The van der Waals surface area contributed by atoms with Gasteiger partial charge >= 0.3 is 6.18 Å². The summed E-state index contributed by atoms with van der Waals surface area (Å²) in [4.78, 5) is 0. The first-order chi connectivity index (χ1) is 7.46. The van der Waals surface area contributed by atoms with Gasteiger partial charge in [0, 0.05) is 6.42 Å². The highest BCUT2D eigenvalue weighted by atomic mass is 19.4. The molecule has 1 atom stereocenters. The van der Waals surface area contributed by atoms with Crippen LogP contribution in [-0.2, 0) is 6.42 Å². The van der Waals surface area contributed by atoms with E-state index in [0.29, 0.717) is 24.5 Å². The van der Waals surface area contributed by atoms with Crippen molar-refractivity contribution < 1.29 is 17.6 Å². The van der Waals surface area contributed by atoms with Gasteiger partial charge in [-0.15, -0.1) is 0 Å². The Kier molecular flexibility index (Phi) is 4.41. The second-order valence-corrected chi connectivity index (χ2v) is 3.59. The normalized spacial score (nSPS) is 14.1. The van der Waals surface area contributed by atoms with E-state index in [2.05, 4.69) is 5.32 Å². The number of hydrogen-bond donors (Lipinski definition) is 1. The number of alkyl halides is 3. The lowest BCUT2D eigenvalue weighted by molar-refractivity contribution is -0.141. The first-order valence-electron chi connectivity index (χ1n) is 5.35. The van der Waals surface area contributed by atoms with Crippen molar-refractivity contribution >= 4 is 0 Å². The van der Waals surface area contributed by atoms with E-state index in [-0.39, 0.29) is 0 Å². The fourth-order valence-electron chi connectivity index (χ4n) is 1.52. The van der Waals surface area contributed by atoms with E-state index in [1.807, 2.05) is 6.92 Å². The van der Waals surface area contributed by atoms with Crippen LogP contribution in [0.1, 0.15) is 37.8 Å². The molecule has 1 rings (SSSR count). The second-order valence-electron chi connectivity index (χ2n) is 3.59. The van der Waals surface area contributed by atoms with Crippen LogP contribution >= 0.6 is 0 Å². The number of nitrogens with one attached hydrogen (secondary N) is 1. The Labute approximate surface area is 92.8 Å². The molecule has 0 saturated carbocycles. The van der Waals surface area contributed by atoms with Crippen LogP contribution in [0.15, 0.2) is 16.5 Å². The monoisotopic (exact) mass is 235 g/mol. The van der Waals surface area contributed by atoms with E-state index < -0.39 is 18.6 Å². The zero-order valence-corrected chi connectivity index (χ0v) is 9.40. The molecule has 0 aliphatic carbocycles. The van der Waals surface area contributed by atoms with Crippen LogP contribution < -0.4 is 5.32 Å². The summed E-state index contributed by atoms with van der Waals surface area (Å²) in [6.45, 7) is 4.14. The number of halogens is 3. The van der Waals surface area contributed by atoms with Crippen LogP contribution in [0.4, 0.5) is 13.2 Å². The van der Waals surface area contributed by atoms with Crippen LogP contribution in [0.2, 0.25) is 0 Å². The van der Waals surface area contributed by atoms with E-state index in [0.717, 1.165) is 0 Å². The van der Waals surface area contributed by atoms with Crippen LogP contribution in [0.25, 0.3) is 0 Å². The molecule has 5 heteroatoms. The topological polar surface area (TPSA) is 25.2 Å². The maximum atomic E-state index is 12.3. The van der Waals surface area contributed by atoms with Crippen molar-refractivity contribution in [3.05, 3.63) is 23.7 Å². The van der Waals surface area contributed by atoms with Crippen LogP contribution in [-0.4, -0.2) is 12.7 Å². The lowest BCUT2D eigenvalue weighted by Gasteiger charge is -2.17. The minimum Gasteiger partial charge on any atom is -0.464 e. The first-order valence-corrected chi connectivity index (χ1v) is 5.35. The van der Waals surface area contributed by atoms with Crippen LogP contribution in [0.3, 0.4) is 0 Å². The molecule has 16 heavy (non-hydrogen) atoms. The van der Waals surface area contributed by atoms with Gasteiger partial charge in [0.2, 0.25) is 0 Å². The summed E-state index contributed by atoms with van der Waals surface area (Å²) in [5.41, 5.74) is 0. The predicted molar refractivity (Wildman–Crippen MR) is 55.2 cm³/mol. The molecule has 0 aliphatic rings. The molecule has 0 radical (unpaired) electrons. The molecule has 0 aliphatic heterocycles. The summed E-state index contributed by atoms with van der Waals surface area (Å²) in [7, 11) is 0. The Morgan fingerprint density at radius 1 is 1.31 bits per heavy atom. The Bertz CT molecular complexity index is 319. The van der Waals surface area contributed by atoms with Crippen molar-refractivity contribution in [1.29, 1.82) is 0 Å². The second kappa shape index (κ2) is 5.39. The molecule has 1 N–H and O–H groups in total. The number of hydrogen-bond acceptors (Lipinski definition) is 2. The van der Waals surface area contributed by atoms with E-state index in [1.165, 1.54) is 0 Å². The molecule has 0 bridgehead atoms. The maximum Gasteiger partial charge on any atom is 0.391 e. The highest BCUT2D eigenvalue weighted by Gasteiger charge is 2.33. The van der Waals surface area contributed by atoms with Crippen molar-refractivity contribution in [2.75, 3.05) is 6.54 Å². The lowest BCUT2D eigenvalue weighted by Crippen LogP contribution is -2.26. The largest absolute Gasteiger partial charge is 0.464 e. The SMILES string of the molecule is CCNC(CC(F)(F)F)c1ccc(CC)o1. The van der Waals surface area contributed by atoms with Gasteiger partial charge in [-0.05, 0) is 18.7 Å². The predicted octanol–water partition coefficient (Wildman–Crippen LogP) is 3.45. The summed E-state index contributed by atoms with van der Waals surface area (Å²) in [6.07, 6.45) is -4.41. The molecule has 1 unspecified atom stereocenters. The van der Waals surface area contributed by atoms with Crippen LogP contribution in [0.5, 0.6) is 0 Å². The molecular weight excluding hydrogens is 219 g/mol.